The van der Waals surface area contributed by atoms with Gasteiger partial charge in [-0.1, -0.05) is 29.4 Å². The van der Waals surface area contributed by atoms with E-state index < -0.39 is 0 Å². The van der Waals surface area contributed by atoms with Crippen LogP contribution >= 0.6 is 31.9 Å². The minimum atomic E-state index is 0.110. The largest absolute Gasteiger partial charge is 0.409 e. The number of halogens is 2. The molecule has 0 aliphatic carbocycles. The van der Waals surface area contributed by atoms with Gasteiger partial charge in [0.25, 0.3) is 0 Å². The van der Waals surface area contributed by atoms with Gasteiger partial charge in [-0.3, -0.25) is 0 Å². The smallest absolute Gasteiger partial charge is 0.170 e. The zero-order valence-corrected chi connectivity index (χ0v) is 14.6. The van der Waals surface area contributed by atoms with Crippen LogP contribution in [0, 0.1) is 6.92 Å². The predicted molar refractivity (Wildman–Crippen MR) is 92.9 cm³/mol. The standard InChI is InChI=1S/C15H15Br2N3O/c1-9-6-12(16)14(13(17)7-9)19-8-10-2-4-11(5-3-10)15(18)20-21/h2-7,19,21H,8H2,1H3,(H2,18,20). The first-order valence-corrected chi connectivity index (χ1v) is 7.86. The third kappa shape index (κ3) is 3.98. The molecule has 0 heterocycles. The van der Waals surface area contributed by atoms with Crippen molar-refractivity contribution in [3.63, 3.8) is 0 Å². The van der Waals surface area contributed by atoms with Gasteiger partial charge in [-0.15, -0.1) is 0 Å². The molecular weight excluding hydrogens is 398 g/mol. The number of rotatable bonds is 4. The highest BCUT2D eigenvalue weighted by Gasteiger charge is 2.06. The predicted octanol–water partition coefficient (Wildman–Crippen LogP) is 4.23. The molecule has 4 nitrogen and oxygen atoms in total. The van der Waals surface area contributed by atoms with Gasteiger partial charge < -0.3 is 16.3 Å². The van der Waals surface area contributed by atoms with Crippen molar-refractivity contribution in [3.8, 4) is 0 Å². The summed E-state index contributed by atoms with van der Waals surface area (Å²) in [7, 11) is 0. The zero-order valence-electron chi connectivity index (χ0n) is 11.4. The van der Waals surface area contributed by atoms with Gasteiger partial charge in [-0.05, 0) is 62.0 Å². The van der Waals surface area contributed by atoms with Crippen molar-refractivity contribution < 1.29 is 5.21 Å². The van der Waals surface area contributed by atoms with Crippen LogP contribution in [0.1, 0.15) is 16.7 Å². The number of amidine groups is 1. The molecule has 0 saturated heterocycles. The fourth-order valence-corrected chi connectivity index (χ4v) is 3.61. The normalized spacial score (nSPS) is 11.5. The molecule has 2 rings (SSSR count). The van der Waals surface area contributed by atoms with Crippen LogP contribution in [0.3, 0.4) is 0 Å². The van der Waals surface area contributed by atoms with Gasteiger partial charge >= 0.3 is 0 Å². The Morgan fingerprint density at radius 2 is 1.76 bits per heavy atom. The number of hydrogen-bond donors (Lipinski definition) is 3. The lowest BCUT2D eigenvalue weighted by atomic mass is 10.1. The third-order valence-electron chi connectivity index (χ3n) is 3.01. The number of benzene rings is 2. The highest BCUT2D eigenvalue weighted by Crippen LogP contribution is 2.32. The molecule has 4 N–H and O–H groups in total. The molecule has 110 valence electrons. The third-order valence-corrected chi connectivity index (χ3v) is 4.26. The Bertz CT molecular complexity index is 646. The van der Waals surface area contributed by atoms with Crippen molar-refractivity contribution in [2.45, 2.75) is 13.5 Å². The molecule has 2 aromatic rings. The molecule has 0 spiro atoms. The van der Waals surface area contributed by atoms with E-state index in [0.29, 0.717) is 12.1 Å². The lowest BCUT2D eigenvalue weighted by molar-refractivity contribution is 0.318. The Labute approximate surface area is 140 Å². The number of aryl methyl sites for hydroxylation is 1. The fourth-order valence-electron chi connectivity index (χ4n) is 1.91. The molecule has 6 heteroatoms. The summed E-state index contributed by atoms with van der Waals surface area (Å²) >= 11 is 7.12. The summed E-state index contributed by atoms with van der Waals surface area (Å²) in [6, 6.07) is 11.7. The molecule has 0 saturated carbocycles. The molecule has 2 aromatic carbocycles. The van der Waals surface area contributed by atoms with Crippen LogP contribution in [0.2, 0.25) is 0 Å². The van der Waals surface area contributed by atoms with Gasteiger partial charge in [0.15, 0.2) is 5.84 Å². The summed E-state index contributed by atoms with van der Waals surface area (Å²) in [6.45, 7) is 2.72. The maximum absolute atomic E-state index is 8.63. The first-order chi connectivity index (χ1) is 10.0. The Hall–Kier alpha value is -1.53. The quantitative estimate of drug-likeness (QED) is 0.304. The molecule has 0 unspecified atom stereocenters. The van der Waals surface area contributed by atoms with Crippen molar-refractivity contribution in [2.24, 2.45) is 10.9 Å². The van der Waals surface area contributed by atoms with Gasteiger partial charge in [0, 0.05) is 21.1 Å². The molecule has 0 aliphatic rings. The van der Waals surface area contributed by atoms with Crippen molar-refractivity contribution in [2.75, 3.05) is 5.32 Å². The number of hydrogen-bond acceptors (Lipinski definition) is 3. The molecule has 21 heavy (non-hydrogen) atoms. The van der Waals surface area contributed by atoms with E-state index in [4.69, 9.17) is 10.9 Å². The van der Waals surface area contributed by atoms with Crippen LogP contribution < -0.4 is 11.1 Å². The van der Waals surface area contributed by atoms with Gasteiger partial charge in [-0.25, -0.2) is 0 Å². The lowest BCUT2D eigenvalue weighted by Crippen LogP contribution is -2.13. The Balaban J connectivity index is 2.10. The van der Waals surface area contributed by atoms with E-state index >= 15 is 0 Å². The molecule has 0 bridgehead atoms. The molecule has 0 amide bonds. The SMILES string of the molecule is Cc1cc(Br)c(NCc2ccc(C(N)=NO)cc2)c(Br)c1. The van der Waals surface area contributed by atoms with E-state index in [1.165, 1.54) is 5.56 Å². The Morgan fingerprint density at radius 1 is 1.19 bits per heavy atom. The molecule has 0 aliphatic heterocycles. The van der Waals surface area contributed by atoms with E-state index in [1.54, 1.807) is 0 Å². The minimum absolute atomic E-state index is 0.110. The van der Waals surface area contributed by atoms with Gasteiger partial charge in [0.1, 0.15) is 0 Å². The summed E-state index contributed by atoms with van der Waals surface area (Å²) < 4.78 is 2.03. The summed E-state index contributed by atoms with van der Waals surface area (Å²) in [6.07, 6.45) is 0. The zero-order chi connectivity index (χ0) is 15.4. The van der Waals surface area contributed by atoms with E-state index in [9.17, 15) is 0 Å². The van der Waals surface area contributed by atoms with Crippen LogP contribution in [0.25, 0.3) is 0 Å². The average molecular weight is 413 g/mol. The van der Waals surface area contributed by atoms with E-state index in [-0.39, 0.29) is 5.84 Å². The molecular formula is C15H15Br2N3O. The Morgan fingerprint density at radius 3 is 2.29 bits per heavy atom. The molecule has 0 radical (unpaired) electrons. The minimum Gasteiger partial charge on any atom is -0.409 e. The van der Waals surface area contributed by atoms with Crippen molar-refractivity contribution >= 4 is 43.4 Å². The van der Waals surface area contributed by atoms with E-state index in [2.05, 4.69) is 54.5 Å². The van der Waals surface area contributed by atoms with Crippen molar-refractivity contribution in [3.05, 3.63) is 62.0 Å². The molecule has 0 fully saturated rings. The fraction of sp³-hybridized carbons (Fsp3) is 0.133. The van der Waals surface area contributed by atoms with Crippen LogP contribution in [0.15, 0.2) is 50.5 Å². The summed E-state index contributed by atoms with van der Waals surface area (Å²) in [5.41, 5.74) is 9.53. The Kier molecular flexibility index (Phi) is 5.25. The molecule has 0 atom stereocenters. The van der Waals surface area contributed by atoms with Crippen LogP contribution in [0.4, 0.5) is 5.69 Å². The number of oxime groups is 1. The highest BCUT2D eigenvalue weighted by molar-refractivity contribution is 9.11. The van der Waals surface area contributed by atoms with Gasteiger partial charge in [-0.2, -0.15) is 0 Å². The van der Waals surface area contributed by atoms with E-state index in [1.807, 2.05) is 31.2 Å². The van der Waals surface area contributed by atoms with Crippen molar-refractivity contribution in [1.29, 1.82) is 0 Å². The van der Waals surface area contributed by atoms with Crippen molar-refractivity contribution in [1.82, 2.24) is 0 Å². The van der Waals surface area contributed by atoms with Crippen LogP contribution in [0.5, 0.6) is 0 Å². The number of nitrogens with two attached hydrogens (primary N) is 1. The van der Waals surface area contributed by atoms with Crippen LogP contribution in [-0.2, 0) is 6.54 Å². The second-order valence-electron chi connectivity index (χ2n) is 4.64. The first kappa shape index (κ1) is 15.9. The maximum Gasteiger partial charge on any atom is 0.170 e. The topological polar surface area (TPSA) is 70.6 Å². The number of nitrogens with zero attached hydrogens (tertiary/aromatic N) is 1. The maximum atomic E-state index is 8.63. The summed E-state index contributed by atoms with van der Waals surface area (Å²) in [5.74, 6) is 0.110. The lowest BCUT2D eigenvalue weighted by Gasteiger charge is -2.12. The average Bonchev–Trinajstić information content (AvgIpc) is 2.46. The second kappa shape index (κ2) is 6.95. The van der Waals surface area contributed by atoms with Gasteiger partial charge in [0.2, 0.25) is 0 Å². The molecule has 0 aromatic heterocycles. The van der Waals surface area contributed by atoms with Gasteiger partial charge in [0.05, 0.1) is 5.69 Å². The summed E-state index contributed by atoms with van der Waals surface area (Å²) in [4.78, 5) is 0. The van der Waals surface area contributed by atoms with E-state index in [0.717, 1.165) is 20.2 Å². The first-order valence-electron chi connectivity index (χ1n) is 6.27. The second-order valence-corrected chi connectivity index (χ2v) is 6.35. The number of anilines is 1. The monoisotopic (exact) mass is 411 g/mol. The summed E-state index contributed by atoms with van der Waals surface area (Å²) in [5, 5.41) is 15.0. The number of nitrogens with one attached hydrogen (secondary N) is 1. The van der Waals surface area contributed by atoms with Crippen LogP contribution in [-0.4, -0.2) is 11.0 Å². The highest BCUT2D eigenvalue weighted by atomic mass is 79.9.